The molecule has 5 unspecified atom stereocenters. The summed E-state index contributed by atoms with van der Waals surface area (Å²) < 4.78 is 5.37. The van der Waals surface area contributed by atoms with Gasteiger partial charge in [-0.05, 0) is 112 Å². The molecule has 4 aliphatic carbocycles. The summed E-state index contributed by atoms with van der Waals surface area (Å²) in [5.41, 5.74) is 5.30. The molecule has 0 aromatic heterocycles. The summed E-state index contributed by atoms with van der Waals surface area (Å²) in [4.78, 5) is 13.0. The van der Waals surface area contributed by atoms with Gasteiger partial charge in [-0.2, -0.15) is 0 Å². The molecule has 192 valence electrons. The van der Waals surface area contributed by atoms with E-state index in [9.17, 15) is 9.90 Å². The lowest BCUT2D eigenvalue weighted by Gasteiger charge is -2.62. The molecular weight excluding hydrogens is 420 g/mol. The quantitative estimate of drug-likeness (QED) is 0.332. The predicted octanol–water partition coefficient (Wildman–Crippen LogP) is 7.63. The van der Waals surface area contributed by atoms with E-state index in [-0.39, 0.29) is 39.7 Å². The Labute approximate surface area is 208 Å². The number of aliphatic hydroxyl groups excluding tert-OH is 1. The third-order valence-electron chi connectivity index (χ3n) is 11.8. The lowest BCUT2D eigenvalue weighted by atomic mass is 9.43. The van der Waals surface area contributed by atoms with Crippen molar-refractivity contribution in [1.29, 1.82) is 0 Å². The van der Waals surface area contributed by atoms with Crippen molar-refractivity contribution in [3.8, 4) is 0 Å². The van der Waals surface area contributed by atoms with Gasteiger partial charge in [0.05, 0.1) is 19.1 Å². The van der Waals surface area contributed by atoms with Gasteiger partial charge in [-0.25, -0.2) is 0 Å². The van der Waals surface area contributed by atoms with E-state index in [4.69, 9.17) is 4.74 Å². The van der Waals surface area contributed by atoms with E-state index < -0.39 is 0 Å². The Morgan fingerprint density at radius 2 is 1.74 bits per heavy atom. The van der Waals surface area contributed by atoms with Gasteiger partial charge in [0, 0.05) is 0 Å². The Kier molecular flexibility index (Phi) is 6.71. The van der Waals surface area contributed by atoms with Crippen molar-refractivity contribution in [1.82, 2.24) is 0 Å². The first-order valence-electron chi connectivity index (χ1n) is 13.9. The van der Waals surface area contributed by atoms with Gasteiger partial charge in [0.1, 0.15) is 0 Å². The molecule has 0 spiro atoms. The highest BCUT2D eigenvalue weighted by Crippen LogP contribution is 2.72. The number of fused-ring (bicyclic) bond motifs is 4. The zero-order valence-electron chi connectivity index (χ0n) is 23.2. The van der Waals surface area contributed by atoms with Crippen molar-refractivity contribution in [2.24, 2.45) is 39.4 Å². The van der Waals surface area contributed by atoms with Gasteiger partial charge in [0.2, 0.25) is 0 Å². The molecule has 0 aliphatic heterocycles. The number of esters is 1. The van der Waals surface area contributed by atoms with Crippen LogP contribution in [0.4, 0.5) is 0 Å². The maximum atomic E-state index is 13.0. The Morgan fingerprint density at radius 3 is 2.38 bits per heavy atom. The average Bonchev–Trinajstić information content (AvgIpc) is 3.05. The number of aliphatic hydroxyl groups is 1. The van der Waals surface area contributed by atoms with E-state index in [0.717, 1.165) is 32.1 Å². The molecule has 0 aromatic carbocycles. The summed E-state index contributed by atoms with van der Waals surface area (Å²) in [5.74, 6) is 0.931. The first-order valence-corrected chi connectivity index (χ1v) is 13.9. The standard InChI is InChI=1S/C31H50O3/c1-20(2)10-9-11-21(27(33)34-8)22-14-18-31(7)24-12-13-25-28(3,4)26(32)16-17-29(25,5)23(24)15-19-30(22,31)6/h10,21-22,25-26,32H,9,11-19H2,1-8H3/t21?,22?,25-,26?,29?,30?,31-/m0/s1. The predicted molar refractivity (Wildman–Crippen MR) is 139 cm³/mol. The van der Waals surface area contributed by atoms with Crippen molar-refractivity contribution in [2.75, 3.05) is 7.11 Å². The molecule has 0 radical (unpaired) electrons. The van der Waals surface area contributed by atoms with Crippen molar-refractivity contribution < 1.29 is 14.6 Å². The van der Waals surface area contributed by atoms with Gasteiger partial charge in [-0.3, -0.25) is 4.79 Å². The number of methoxy groups -OCH3 is 1. The molecular formula is C31H50O3. The third-order valence-corrected chi connectivity index (χ3v) is 11.8. The topological polar surface area (TPSA) is 46.5 Å². The van der Waals surface area contributed by atoms with Crippen LogP contribution in [-0.2, 0) is 9.53 Å². The maximum absolute atomic E-state index is 13.0. The first kappa shape index (κ1) is 26.0. The fourth-order valence-corrected chi connectivity index (χ4v) is 9.55. The largest absolute Gasteiger partial charge is 0.469 e. The zero-order valence-corrected chi connectivity index (χ0v) is 23.2. The Bertz CT molecular complexity index is 877. The summed E-state index contributed by atoms with van der Waals surface area (Å²) in [6.07, 6.45) is 13.0. The molecule has 2 fully saturated rings. The fourth-order valence-electron chi connectivity index (χ4n) is 9.55. The van der Waals surface area contributed by atoms with E-state index in [1.165, 1.54) is 37.7 Å². The molecule has 0 bridgehead atoms. The number of rotatable bonds is 5. The summed E-state index contributed by atoms with van der Waals surface area (Å²) in [6.45, 7) is 16.5. The van der Waals surface area contributed by atoms with Gasteiger partial charge in [0.15, 0.2) is 0 Å². The second-order valence-corrected chi connectivity index (χ2v) is 13.7. The molecule has 2 saturated carbocycles. The minimum atomic E-state index is -0.186. The van der Waals surface area contributed by atoms with Crippen LogP contribution in [0.25, 0.3) is 0 Å². The molecule has 4 rings (SSSR count). The highest BCUT2D eigenvalue weighted by Gasteiger charge is 2.64. The summed E-state index contributed by atoms with van der Waals surface area (Å²) in [6, 6.07) is 0. The average molecular weight is 471 g/mol. The minimum absolute atomic E-state index is 0.00362. The summed E-state index contributed by atoms with van der Waals surface area (Å²) in [5, 5.41) is 10.8. The molecule has 3 nitrogen and oxygen atoms in total. The molecule has 3 heteroatoms. The third kappa shape index (κ3) is 3.66. The second kappa shape index (κ2) is 8.79. The van der Waals surface area contributed by atoms with Gasteiger partial charge in [-0.1, -0.05) is 57.4 Å². The van der Waals surface area contributed by atoms with Crippen LogP contribution in [-0.4, -0.2) is 24.3 Å². The van der Waals surface area contributed by atoms with Gasteiger partial charge in [0.25, 0.3) is 0 Å². The number of carbonyl (C=O) groups is 1. The van der Waals surface area contributed by atoms with Gasteiger partial charge >= 0.3 is 5.97 Å². The van der Waals surface area contributed by atoms with Crippen LogP contribution < -0.4 is 0 Å². The number of allylic oxidation sites excluding steroid dienone is 4. The van der Waals surface area contributed by atoms with E-state index in [1.54, 1.807) is 18.3 Å². The van der Waals surface area contributed by atoms with Crippen molar-refractivity contribution in [3.63, 3.8) is 0 Å². The van der Waals surface area contributed by atoms with Crippen LogP contribution in [0.15, 0.2) is 22.8 Å². The van der Waals surface area contributed by atoms with Crippen LogP contribution in [0.1, 0.15) is 113 Å². The number of hydrogen-bond donors (Lipinski definition) is 1. The number of carbonyl (C=O) groups excluding carboxylic acids is 1. The van der Waals surface area contributed by atoms with E-state index in [1.807, 2.05) is 0 Å². The van der Waals surface area contributed by atoms with Crippen LogP contribution in [0.5, 0.6) is 0 Å². The SMILES string of the molecule is COC(=O)C(CCC=C(C)C)C1CC[C@@]2(C)C3=C(CCC12C)C1(C)CCC(O)C(C)(C)[C@@H]1CC3. The Balaban J connectivity index is 1.70. The smallest absolute Gasteiger partial charge is 0.308 e. The van der Waals surface area contributed by atoms with Crippen molar-refractivity contribution in [2.45, 2.75) is 119 Å². The molecule has 0 amide bonds. The van der Waals surface area contributed by atoms with Crippen LogP contribution in [0, 0.1) is 39.4 Å². The lowest BCUT2D eigenvalue weighted by molar-refractivity contribution is -0.150. The monoisotopic (exact) mass is 470 g/mol. The van der Waals surface area contributed by atoms with E-state index in [0.29, 0.717) is 11.8 Å². The molecule has 0 heterocycles. The van der Waals surface area contributed by atoms with Gasteiger partial charge < -0.3 is 9.84 Å². The molecule has 7 atom stereocenters. The normalized spacial score (nSPS) is 41.7. The van der Waals surface area contributed by atoms with Crippen LogP contribution in [0.3, 0.4) is 0 Å². The Hall–Kier alpha value is -1.09. The molecule has 0 saturated heterocycles. The van der Waals surface area contributed by atoms with Crippen molar-refractivity contribution in [3.05, 3.63) is 22.8 Å². The maximum Gasteiger partial charge on any atom is 0.308 e. The van der Waals surface area contributed by atoms with E-state index >= 15 is 0 Å². The number of ether oxygens (including phenoxy) is 1. The van der Waals surface area contributed by atoms with Crippen LogP contribution >= 0.6 is 0 Å². The lowest BCUT2D eigenvalue weighted by Crippen LogP contribution is -2.55. The Morgan fingerprint density at radius 1 is 1.03 bits per heavy atom. The highest BCUT2D eigenvalue weighted by molar-refractivity contribution is 5.73. The minimum Gasteiger partial charge on any atom is -0.469 e. The summed E-state index contributed by atoms with van der Waals surface area (Å²) in [7, 11) is 1.57. The molecule has 0 aromatic rings. The van der Waals surface area contributed by atoms with E-state index in [2.05, 4.69) is 54.5 Å². The zero-order chi connectivity index (χ0) is 25.1. The van der Waals surface area contributed by atoms with Crippen LogP contribution in [0.2, 0.25) is 0 Å². The number of hydrogen-bond acceptors (Lipinski definition) is 3. The van der Waals surface area contributed by atoms with Crippen molar-refractivity contribution >= 4 is 5.97 Å². The highest BCUT2D eigenvalue weighted by atomic mass is 16.5. The molecule has 1 N–H and O–H groups in total. The summed E-state index contributed by atoms with van der Waals surface area (Å²) >= 11 is 0. The first-order chi connectivity index (χ1) is 15.8. The molecule has 34 heavy (non-hydrogen) atoms. The molecule has 4 aliphatic rings. The second-order valence-electron chi connectivity index (χ2n) is 13.7. The van der Waals surface area contributed by atoms with Gasteiger partial charge in [-0.15, -0.1) is 0 Å². The fraction of sp³-hybridized carbons (Fsp3) is 0.839.